The SMILES string of the molecule is CC(C)(NC(=O)c1ccc(C#N)cc1)C1C[C@H]2CC(c3ccnc4ccc(F)cc34)C[C@H]2C1. The molecule has 0 radical (unpaired) electrons. The third kappa shape index (κ3) is 4.11. The van der Waals surface area contributed by atoms with Crippen LogP contribution in [0.3, 0.4) is 0 Å². The Kier molecular flexibility index (Phi) is 5.40. The second-order valence-corrected chi connectivity index (χ2v) is 10.3. The van der Waals surface area contributed by atoms with Crippen molar-refractivity contribution in [1.82, 2.24) is 10.3 Å². The number of benzene rings is 2. The third-order valence-electron chi connectivity index (χ3n) is 7.93. The van der Waals surface area contributed by atoms with Gasteiger partial charge in [0, 0.05) is 22.7 Å². The summed E-state index contributed by atoms with van der Waals surface area (Å²) in [5.74, 6) is 1.80. The van der Waals surface area contributed by atoms with Crippen molar-refractivity contribution in [3.8, 4) is 6.07 Å². The van der Waals surface area contributed by atoms with E-state index in [0.717, 1.165) is 36.6 Å². The number of nitrogens with zero attached hydrogens (tertiary/aromatic N) is 2. The predicted octanol–water partition coefficient (Wildman–Crippen LogP) is 5.97. The Bertz CT molecular complexity index is 1230. The van der Waals surface area contributed by atoms with Gasteiger partial charge in [-0.1, -0.05) is 0 Å². The highest BCUT2D eigenvalue weighted by Gasteiger charge is 2.47. The minimum absolute atomic E-state index is 0.0929. The Balaban J connectivity index is 1.26. The number of hydrogen-bond donors (Lipinski definition) is 1. The van der Waals surface area contributed by atoms with Crippen LogP contribution in [0.1, 0.15) is 66.9 Å². The molecule has 1 N–H and O–H groups in total. The van der Waals surface area contributed by atoms with Crippen LogP contribution in [0.25, 0.3) is 10.9 Å². The summed E-state index contributed by atoms with van der Waals surface area (Å²) in [5.41, 5.74) is 2.90. The lowest BCUT2D eigenvalue weighted by molar-refractivity contribution is 0.0877. The Morgan fingerprint density at radius 2 is 1.76 bits per heavy atom. The molecule has 33 heavy (non-hydrogen) atoms. The van der Waals surface area contributed by atoms with Crippen LogP contribution in [0.4, 0.5) is 4.39 Å². The summed E-state index contributed by atoms with van der Waals surface area (Å²) in [6, 6.07) is 15.8. The smallest absolute Gasteiger partial charge is 0.251 e. The average Bonchev–Trinajstić information content (AvgIpc) is 3.38. The molecular formula is C28H28FN3O. The summed E-state index contributed by atoms with van der Waals surface area (Å²) in [6.07, 6.45) is 6.25. The maximum Gasteiger partial charge on any atom is 0.251 e. The molecule has 0 aliphatic heterocycles. The molecule has 2 unspecified atom stereocenters. The van der Waals surface area contributed by atoms with E-state index >= 15 is 0 Å². The van der Waals surface area contributed by atoms with E-state index in [1.807, 2.05) is 6.20 Å². The fourth-order valence-electron chi connectivity index (χ4n) is 6.12. The predicted molar refractivity (Wildman–Crippen MR) is 126 cm³/mol. The highest BCUT2D eigenvalue weighted by Crippen LogP contribution is 2.55. The summed E-state index contributed by atoms with van der Waals surface area (Å²) in [4.78, 5) is 17.2. The summed E-state index contributed by atoms with van der Waals surface area (Å²) < 4.78 is 13.9. The molecule has 0 spiro atoms. The van der Waals surface area contributed by atoms with Crippen molar-refractivity contribution < 1.29 is 9.18 Å². The second kappa shape index (κ2) is 8.26. The van der Waals surface area contributed by atoms with Crippen LogP contribution in [-0.4, -0.2) is 16.4 Å². The first-order chi connectivity index (χ1) is 15.8. The fourth-order valence-corrected chi connectivity index (χ4v) is 6.12. The number of amides is 1. The summed E-state index contributed by atoms with van der Waals surface area (Å²) in [7, 11) is 0. The normalized spacial score (nSPS) is 24.4. The average molecular weight is 442 g/mol. The number of aromatic nitrogens is 1. The molecule has 0 bridgehead atoms. The number of rotatable bonds is 4. The zero-order valence-corrected chi connectivity index (χ0v) is 19.0. The Hall–Kier alpha value is -3.26. The highest BCUT2D eigenvalue weighted by atomic mass is 19.1. The molecule has 2 saturated carbocycles. The number of carbonyl (C=O) groups excluding carboxylic acids is 1. The van der Waals surface area contributed by atoms with Gasteiger partial charge in [-0.05, 0) is 117 Å². The molecule has 1 aromatic heterocycles. The van der Waals surface area contributed by atoms with Crippen molar-refractivity contribution >= 4 is 16.8 Å². The van der Waals surface area contributed by atoms with Crippen LogP contribution in [-0.2, 0) is 0 Å². The van der Waals surface area contributed by atoms with Crippen LogP contribution in [0.15, 0.2) is 54.7 Å². The molecule has 5 heteroatoms. The van der Waals surface area contributed by atoms with E-state index in [-0.39, 0.29) is 17.3 Å². The first kappa shape index (κ1) is 21.6. The summed E-state index contributed by atoms with van der Waals surface area (Å²) in [5, 5.41) is 13.1. The standard InChI is InChI=1S/C28H28FN3O/c1-28(2,32-27(33)18-5-3-17(16-30)4-6-18)22-13-19-11-21(12-20(19)14-22)24-9-10-31-26-8-7-23(29)15-25(24)26/h3-10,15,19-22H,11-14H2,1-2H3,(H,32,33)/t19-,20+,21?,22?. The molecule has 3 aromatic rings. The molecular weight excluding hydrogens is 413 g/mol. The van der Waals surface area contributed by atoms with Crippen molar-refractivity contribution in [2.75, 3.05) is 0 Å². The van der Waals surface area contributed by atoms with Crippen LogP contribution < -0.4 is 5.32 Å². The van der Waals surface area contributed by atoms with Gasteiger partial charge < -0.3 is 5.32 Å². The van der Waals surface area contributed by atoms with Crippen molar-refractivity contribution in [1.29, 1.82) is 5.26 Å². The Labute approximate surface area is 193 Å². The lowest BCUT2D eigenvalue weighted by Gasteiger charge is -2.34. The van der Waals surface area contributed by atoms with Crippen molar-refractivity contribution in [3.63, 3.8) is 0 Å². The van der Waals surface area contributed by atoms with Crippen molar-refractivity contribution in [2.24, 2.45) is 17.8 Å². The van der Waals surface area contributed by atoms with E-state index in [1.54, 1.807) is 36.4 Å². The number of fused-ring (bicyclic) bond motifs is 2. The molecule has 168 valence electrons. The maximum atomic E-state index is 13.9. The molecule has 1 heterocycles. The number of nitrogens with one attached hydrogen (secondary N) is 1. The van der Waals surface area contributed by atoms with Crippen LogP contribution in [0.2, 0.25) is 0 Å². The first-order valence-electron chi connectivity index (χ1n) is 11.7. The van der Waals surface area contributed by atoms with E-state index in [0.29, 0.717) is 34.8 Å². The molecule has 5 rings (SSSR count). The molecule has 2 aliphatic carbocycles. The highest BCUT2D eigenvalue weighted by molar-refractivity contribution is 5.94. The van der Waals surface area contributed by atoms with Gasteiger partial charge in [0.2, 0.25) is 0 Å². The van der Waals surface area contributed by atoms with Gasteiger partial charge in [0.25, 0.3) is 5.91 Å². The number of nitriles is 1. The van der Waals surface area contributed by atoms with Crippen molar-refractivity contribution in [3.05, 3.63) is 77.2 Å². The number of pyridine rings is 1. The topological polar surface area (TPSA) is 65.8 Å². The molecule has 4 nitrogen and oxygen atoms in total. The number of carbonyl (C=O) groups is 1. The maximum absolute atomic E-state index is 13.9. The molecule has 1 amide bonds. The van der Waals surface area contributed by atoms with Gasteiger partial charge >= 0.3 is 0 Å². The monoisotopic (exact) mass is 441 g/mol. The second-order valence-electron chi connectivity index (χ2n) is 10.3. The van der Waals surface area contributed by atoms with Gasteiger partial charge in [0.1, 0.15) is 5.82 Å². The Morgan fingerprint density at radius 3 is 2.42 bits per heavy atom. The van der Waals surface area contributed by atoms with Gasteiger partial charge in [-0.3, -0.25) is 9.78 Å². The minimum atomic E-state index is -0.308. The number of halogens is 1. The van der Waals surface area contributed by atoms with Gasteiger partial charge in [0.05, 0.1) is 17.1 Å². The fraction of sp³-hybridized carbons (Fsp3) is 0.393. The first-order valence-corrected chi connectivity index (χ1v) is 11.7. The molecule has 0 saturated heterocycles. The lowest BCUT2D eigenvalue weighted by Crippen LogP contribution is -2.48. The quantitative estimate of drug-likeness (QED) is 0.542. The molecule has 2 aliphatic rings. The zero-order chi connectivity index (χ0) is 23.2. The molecule has 4 atom stereocenters. The Morgan fingerprint density at radius 1 is 1.06 bits per heavy atom. The molecule has 2 aromatic carbocycles. The summed E-state index contributed by atoms with van der Waals surface area (Å²) in [6.45, 7) is 4.24. The number of hydrogen-bond acceptors (Lipinski definition) is 3. The lowest BCUT2D eigenvalue weighted by atomic mass is 9.82. The van der Waals surface area contributed by atoms with E-state index in [1.165, 1.54) is 11.6 Å². The van der Waals surface area contributed by atoms with Gasteiger partial charge in [-0.15, -0.1) is 0 Å². The van der Waals surface area contributed by atoms with E-state index < -0.39 is 0 Å². The van der Waals surface area contributed by atoms with E-state index in [9.17, 15) is 9.18 Å². The van der Waals surface area contributed by atoms with E-state index in [2.05, 4.69) is 36.3 Å². The molecule has 2 fully saturated rings. The van der Waals surface area contributed by atoms with E-state index in [4.69, 9.17) is 5.26 Å². The van der Waals surface area contributed by atoms with Crippen LogP contribution in [0.5, 0.6) is 0 Å². The largest absolute Gasteiger partial charge is 0.347 e. The summed E-state index contributed by atoms with van der Waals surface area (Å²) >= 11 is 0. The van der Waals surface area contributed by atoms with Gasteiger partial charge in [-0.2, -0.15) is 5.26 Å². The van der Waals surface area contributed by atoms with Gasteiger partial charge in [-0.25, -0.2) is 4.39 Å². The third-order valence-corrected chi connectivity index (χ3v) is 7.93. The van der Waals surface area contributed by atoms with Crippen molar-refractivity contribution in [2.45, 2.75) is 51.0 Å². The van der Waals surface area contributed by atoms with Crippen LogP contribution >= 0.6 is 0 Å². The minimum Gasteiger partial charge on any atom is -0.347 e. The van der Waals surface area contributed by atoms with Crippen LogP contribution in [0, 0.1) is 34.9 Å². The van der Waals surface area contributed by atoms with Gasteiger partial charge in [0.15, 0.2) is 0 Å². The zero-order valence-electron chi connectivity index (χ0n) is 19.0.